The van der Waals surface area contributed by atoms with Crippen molar-refractivity contribution in [2.24, 2.45) is 10.8 Å². The molecule has 0 unspecified atom stereocenters. The summed E-state index contributed by atoms with van der Waals surface area (Å²) in [5.74, 6) is 2.33. The van der Waals surface area contributed by atoms with Gasteiger partial charge in [0.1, 0.15) is 17.3 Å². The summed E-state index contributed by atoms with van der Waals surface area (Å²) in [6, 6.07) is 23.7. The van der Waals surface area contributed by atoms with E-state index < -0.39 is 18.4 Å². The fraction of sp³-hybridized carbons (Fsp3) is 0.414. The van der Waals surface area contributed by atoms with E-state index in [0.29, 0.717) is 23.1 Å². The average molecular weight is 1090 g/mol. The predicted octanol–water partition coefficient (Wildman–Crippen LogP) is 12.5. The van der Waals surface area contributed by atoms with Crippen LogP contribution in [0.4, 0.5) is 0 Å². The van der Waals surface area contributed by atoms with Crippen LogP contribution in [-0.4, -0.2) is 67.4 Å². The summed E-state index contributed by atoms with van der Waals surface area (Å²) in [5, 5.41) is 1.52. The average Bonchev–Trinajstić information content (AvgIpc) is 3.40. The molecule has 2 aromatic carbocycles. The van der Waals surface area contributed by atoms with Gasteiger partial charge in [-0.2, -0.15) is 0 Å². The van der Waals surface area contributed by atoms with Crippen LogP contribution in [-0.2, 0) is 25.9 Å². The van der Waals surface area contributed by atoms with Crippen molar-refractivity contribution in [2.45, 2.75) is 139 Å². The molecule has 8 aromatic rings. The number of fused-ring (bicyclic) bond motifs is 4. The molecule has 0 saturated carbocycles. The number of benzene rings is 2. The van der Waals surface area contributed by atoms with E-state index in [0.717, 1.165) is 82.9 Å². The number of nitrogens with zero attached hydrogens (tertiary/aromatic N) is 10. The third kappa shape index (κ3) is 12.5. The van der Waals surface area contributed by atoms with Gasteiger partial charge in [-0.1, -0.05) is 45.9 Å². The number of hydrogen-bond donors (Lipinski definition) is 0. The van der Waals surface area contributed by atoms with Crippen LogP contribution in [0.5, 0.6) is 0 Å². The molecule has 0 radical (unpaired) electrons. The molecule has 0 spiro atoms. The SMILES string of the molecule is CC1(C)CCc2nc3cc(-c4cnc(-c5ccccn5)nc4)ccc3c(=O)n2C1.CC1(C)CCc2nc3cc(-c4cnc(Cl)nc4)ccc3c(=O)n2C1.CCC[CH2][Sn]([CH2]CCC)([CH2]CCC)[c]1ccccn1. The molecule has 8 heterocycles. The van der Waals surface area contributed by atoms with Gasteiger partial charge in [0.05, 0.1) is 21.8 Å². The molecule has 0 N–H and O–H groups in total. The number of unbranched alkanes of at least 4 members (excludes halogenated alkanes) is 3. The van der Waals surface area contributed by atoms with E-state index in [4.69, 9.17) is 26.6 Å². The fourth-order valence-corrected chi connectivity index (χ4v) is 25.6. The zero-order chi connectivity index (χ0) is 50.9. The molecule has 72 heavy (non-hydrogen) atoms. The maximum atomic E-state index is 13.0. The van der Waals surface area contributed by atoms with Crippen molar-refractivity contribution < 1.29 is 0 Å². The van der Waals surface area contributed by atoms with E-state index in [9.17, 15) is 9.59 Å². The van der Waals surface area contributed by atoms with Gasteiger partial charge in [-0.05, 0) is 82.8 Å². The first-order valence-electron chi connectivity index (χ1n) is 25.9. The normalized spacial score (nSPS) is 14.6. The minimum atomic E-state index is -2.21. The summed E-state index contributed by atoms with van der Waals surface area (Å²) in [4.78, 5) is 61.4. The van der Waals surface area contributed by atoms with Crippen molar-refractivity contribution >= 4 is 55.5 Å². The number of rotatable bonds is 13. The molecule has 6 aromatic heterocycles. The number of pyridine rings is 2. The number of aromatic nitrogens is 10. The Morgan fingerprint density at radius 1 is 0.556 bits per heavy atom. The van der Waals surface area contributed by atoms with Gasteiger partial charge in [0, 0.05) is 68.0 Å². The Kier molecular flexibility index (Phi) is 17.1. The third-order valence-electron chi connectivity index (χ3n) is 14.4. The molecule has 2 aliphatic heterocycles. The van der Waals surface area contributed by atoms with Crippen LogP contribution in [0.15, 0.2) is 120 Å². The Morgan fingerprint density at radius 3 is 1.44 bits per heavy atom. The standard InChI is InChI=1S/C23H21N5O.C18H17ClN4O.C5H4N.3C4H9.Sn/c1-23(2)9-8-20-27-19-11-15(6-7-17(19)22(29)28(20)14-23)16-12-25-21(26-13-16)18-5-3-4-10-24-18;1-18(2)6-5-15-22-14-7-11(12-8-20-17(19)21-9-12)3-4-13(14)16(24)23(15)10-18;1-2-4-6-5-3-1;3*1-3-4-2;/h3-7,10-13H,8-9,14H2,1-2H3;3-4,7-9H,5-6,10H2,1-2H3;1-4H;3*1,3-4H2,2H3;. The molecule has 0 aliphatic carbocycles. The fourth-order valence-electron chi connectivity index (χ4n) is 10.1. The van der Waals surface area contributed by atoms with Gasteiger partial charge >= 0.3 is 124 Å². The first-order chi connectivity index (χ1) is 34.7. The molecular formula is C58H69ClN10O2Sn. The van der Waals surface area contributed by atoms with Crippen LogP contribution >= 0.6 is 11.6 Å². The van der Waals surface area contributed by atoms with E-state index in [1.54, 1.807) is 34.7 Å². The molecule has 0 fully saturated rings. The zero-order valence-corrected chi connectivity index (χ0v) is 46.8. The topological polar surface area (TPSA) is 147 Å². The molecule has 0 bridgehead atoms. The van der Waals surface area contributed by atoms with Crippen LogP contribution in [0.25, 0.3) is 55.6 Å². The molecule has 14 heteroatoms. The molecule has 2 aliphatic rings. The van der Waals surface area contributed by atoms with Crippen LogP contribution in [0, 0.1) is 10.8 Å². The van der Waals surface area contributed by atoms with Gasteiger partial charge in [0.25, 0.3) is 11.1 Å². The molecular weight excluding hydrogens is 1020 g/mol. The van der Waals surface area contributed by atoms with Crippen LogP contribution in [0.3, 0.4) is 0 Å². The summed E-state index contributed by atoms with van der Waals surface area (Å²) in [6.45, 7) is 17.2. The van der Waals surface area contributed by atoms with Crippen molar-refractivity contribution in [3.63, 3.8) is 0 Å². The second kappa shape index (κ2) is 23.4. The van der Waals surface area contributed by atoms with E-state index in [-0.39, 0.29) is 27.2 Å². The Labute approximate surface area is 433 Å². The Bertz CT molecular complexity index is 3200. The van der Waals surface area contributed by atoms with Crippen molar-refractivity contribution in [2.75, 3.05) is 0 Å². The molecule has 0 amide bonds. The van der Waals surface area contributed by atoms with E-state index in [2.05, 4.69) is 91.6 Å². The molecule has 10 rings (SSSR count). The Morgan fingerprint density at radius 2 is 1.01 bits per heavy atom. The van der Waals surface area contributed by atoms with Crippen LogP contribution in [0.2, 0.25) is 18.6 Å². The third-order valence-corrected chi connectivity index (χ3v) is 29.7. The maximum absolute atomic E-state index is 13.0. The van der Waals surface area contributed by atoms with Crippen molar-refractivity contribution in [3.05, 3.63) is 148 Å². The van der Waals surface area contributed by atoms with Gasteiger partial charge in [-0.3, -0.25) is 23.7 Å². The van der Waals surface area contributed by atoms with Crippen molar-refractivity contribution in [3.8, 4) is 33.8 Å². The second-order valence-corrected chi connectivity index (χ2v) is 34.6. The van der Waals surface area contributed by atoms with E-state index in [1.165, 1.54) is 51.8 Å². The zero-order valence-electron chi connectivity index (χ0n) is 43.2. The number of halogens is 1. The van der Waals surface area contributed by atoms with Crippen LogP contribution in [0.1, 0.15) is 111 Å². The quantitative estimate of drug-likeness (QED) is 0.0807. The summed E-state index contributed by atoms with van der Waals surface area (Å²) in [5.41, 5.74) is 6.13. The predicted molar refractivity (Wildman–Crippen MR) is 295 cm³/mol. The van der Waals surface area contributed by atoms with Gasteiger partial charge in [0.15, 0.2) is 5.82 Å². The molecule has 0 saturated heterocycles. The van der Waals surface area contributed by atoms with E-state index >= 15 is 0 Å². The number of hydrogen-bond acceptors (Lipinski definition) is 10. The summed E-state index contributed by atoms with van der Waals surface area (Å²) in [6.07, 6.45) is 22.6. The van der Waals surface area contributed by atoms with Gasteiger partial charge in [0.2, 0.25) is 5.28 Å². The Hall–Kier alpha value is -5.73. The summed E-state index contributed by atoms with van der Waals surface area (Å²) >= 11 is 3.53. The first-order valence-corrected chi connectivity index (χ1v) is 33.8. The van der Waals surface area contributed by atoms with Crippen molar-refractivity contribution in [1.29, 1.82) is 0 Å². The van der Waals surface area contributed by atoms with Gasteiger partial charge in [-0.25, -0.2) is 29.9 Å². The molecule has 12 nitrogen and oxygen atoms in total. The van der Waals surface area contributed by atoms with Gasteiger partial charge < -0.3 is 0 Å². The summed E-state index contributed by atoms with van der Waals surface area (Å²) < 4.78 is 9.77. The minimum absolute atomic E-state index is 0.0432. The first kappa shape index (κ1) is 52.6. The van der Waals surface area contributed by atoms with Gasteiger partial charge in [-0.15, -0.1) is 0 Å². The van der Waals surface area contributed by atoms with Crippen LogP contribution < -0.4 is 14.8 Å². The second-order valence-electron chi connectivity index (χ2n) is 21.2. The summed E-state index contributed by atoms with van der Waals surface area (Å²) in [7, 11) is 0. The number of aryl methyl sites for hydroxylation is 2. The van der Waals surface area contributed by atoms with E-state index in [1.807, 2.05) is 69.9 Å². The monoisotopic (exact) mass is 1090 g/mol. The molecule has 0 atom stereocenters. The van der Waals surface area contributed by atoms with Crippen molar-refractivity contribution in [1.82, 2.24) is 49.0 Å². The Balaban J connectivity index is 0.000000148. The molecule has 374 valence electrons.